The van der Waals surface area contributed by atoms with E-state index in [1.165, 1.54) is 0 Å². The Balaban J connectivity index is 3.49. The standard InChI is InChI=1S/C6H14INO3/c7-11-6(1-2-8)3-5(10)4-9/h5-6,9-10H,1-4,8H2/t5-,6+/m0/s1. The minimum Gasteiger partial charge on any atom is -0.394 e. The van der Waals surface area contributed by atoms with Gasteiger partial charge < -0.3 is 19.0 Å². The predicted molar refractivity (Wildman–Crippen MR) is 50.3 cm³/mol. The lowest BCUT2D eigenvalue weighted by molar-refractivity contribution is 0.0597. The third kappa shape index (κ3) is 5.80. The summed E-state index contributed by atoms with van der Waals surface area (Å²) in [5.74, 6) is 0. The van der Waals surface area contributed by atoms with E-state index in [1.54, 1.807) is 23.0 Å². The van der Waals surface area contributed by atoms with Crippen LogP contribution in [0.5, 0.6) is 0 Å². The monoisotopic (exact) mass is 275 g/mol. The second-order valence-corrected chi connectivity index (χ2v) is 2.87. The normalized spacial score (nSPS) is 16.4. The molecule has 11 heavy (non-hydrogen) atoms. The Bertz CT molecular complexity index is 93.9. The largest absolute Gasteiger partial charge is 0.394 e. The fourth-order valence-corrected chi connectivity index (χ4v) is 1.22. The van der Waals surface area contributed by atoms with E-state index in [0.717, 1.165) is 0 Å². The third-order valence-corrected chi connectivity index (χ3v) is 2.08. The Hall–Kier alpha value is 0.570. The van der Waals surface area contributed by atoms with Gasteiger partial charge in [0.1, 0.15) is 23.0 Å². The van der Waals surface area contributed by atoms with Crippen LogP contribution in [-0.2, 0) is 3.07 Å². The van der Waals surface area contributed by atoms with E-state index >= 15 is 0 Å². The Morgan fingerprint density at radius 3 is 2.55 bits per heavy atom. The molecule has 4 nitrogen and oxygen atoms in total. The molecule has 68 valence electrons. The van der Waals surface area contributed by atoms with Crippen molar-refractivity contribution in [3.8, 4) is 0 Å². The average Bonchev–Trinajstić information content (AvgIpc) is 2.03. The van der Waals surface area contributed by atoms with Gasteiger partial charge in [-0.2, -0.15) is 0 Å². The lowest BCUT2D eigenvalue weighted by Crippen LogP contribution is -2.23. The zero-order chi connectivity index (χ0) is 8.69. The molecule has 0 radical (unpaired) electrons. The van der Waals surface area contributed by atoms with Crippen LogP contribution in [0.15, 0.2) is 0 Å². The highest BCUT2D eigenvalue weighted by Gasteiger charge is 2.12. The molecule has 0 saturated carbocycles. The van der Waals surface area contributed by atoms with Crippen LogP contribution in [0.25, 0.3) is 0 Å². The molecule has 0 bridgehead atoms. The molecule has 0 aliphatic carbocycles. The maximum atomic E-state index is 9.01. The first-order chi connectivity index (χ1) is 5.24. The number of halogens is 1. The van der Waals surface area contributed by atoms with Crippen molar-refractivity contribution in [2.75, 3.05) is 13.2 Å². The van der Waals surface area contributed by atoms with E-state index in [-0.39, 0.29) is 12.7 Å². The summed E-state index contributed by atoms with van der Waals surface area (Å²) in [5, 5.41) is 17.5. The molecular formula is C6H14INO3. The van der Waals surface area contributed by atoms with E-state index < -0.39 is 6.10 Å². The van der Waals surface area contributed by atoms with E-state index in [9.17, 15) is 0 Å². The molecule has 0 aromatic heterocycles. The van der Waals surface area contributed by atoms with Gasteiger partial charge in [-0.1, -0.05) is 0 Å². The molecule has 0 aromatic carbocycles. The molecule has 4 N–H and O–H groups in total. The molecule has 0 aliphatic heterocycles. The van der Waals surface area contributed by atoms with Crippen molar-refractivity contribution in [1.82, 2.24) is 0 Å². The molecular weight excluding hydrogens is 261 g/mol. The van der Waals surface area contributed by atoms with Crippen molar-refractivity contribution < 1.29 is 13.3 Å². The van der Waals surface area contributed by atoms with E-state index in [4.69, 9.17) is 19.0 Å². The van der Waals surface area contributed by atoms with Gasteiger partial charge in [0.2, 0.25) is 0 Å². The summed E-state index contributed by atoms with van der Waals surface area (Å²) in [5.41, 5.74) is 5.29. The number of hydrogen-bond donors (Lipinski definition) is 3. The Morgan fingerprint density at radius 1 is 1.55 bits per heavy atom. The van der Waals surface area contributed by atoms with Crippen LogP contribution >= 0.6 is 23.0 Å². The van der Waals surface area contributed by atoms with Crippen LogP contribution in [0.3, 0.4) is 0 Å². The maximum Gasteiger partial charge on any atom is 0.110 e. The molecule has 0 aliphatic rings. The number of hydrogen-bond acceptors (Lipinski definition) is 4. The van der Waals surface area contributed by atoms with E-state index in [0.29, 0.717) is 19.4 Å². The van der Waals surface area contributed by atoms with Crippen LogP contribution in [0.2, 0.25) is 0 Å². The third-order valence-electron chi connectivity index (χ3n) is 1.36. The quantitative estimate of drug-likeness (QED) is 0.587. The fraction of sp³-hybridized carbons (Fsp3) is 1.00. The highest BCUT2D eigenvalue weighted by atomic mass is 127. The van der Waals surface area contributed by atoms with Gasteiger partial charge in [0.15, 0.2) is 0 Å². The summed E-state index contributed by atoms with van der Waals surface area (Å²) in [6.45, 7) is 0.312. The van der Waals surface area contributed by atoms with Crippen LogP contribution in [0.4, 0.5) is 0 Å². The minimum atomic E-state index is -0.693. The van der Waals surface area contributed by atoms with Gasteiger partial charge >= 0.3 is 0 Å². The van der Waals surface area contributed by atoms with Gasteiger partial charge in [-0.25, -0.2) is 0 Å². The Morgan fingerprint density at radius 2 is 2.18 bits per heavy atom. The fourth-order valence-electron chi connectivity index (χ4n) is 0.763. The van der Waals surface area contributed by atoms with Gasteiger partial charge in [-0.15, -0.1) is 0 Å². The Kier molecular flexibility index (Phi) is 7.61. The minimum absolute atomic E-state index is 0.0530. The SMILES string of the molecule is NCC[C@H](C[C@H](O)CO)OI. The summed E-state index contributed by atoms with van der Waals surface area (Å²) < 4.78 is 4.98. The summed E-state index contributed by atoms with van der Waals surface area (Å²) in [6.07, 6.45) is 0.403. The van der Waals surface area contributed by atoms with Crippen LogP contribution in [0, 0.1) is 0 Å². The topological polar surface area (TPSA) is 75.7 Å². The van der Waals surface area contributed by atoms with Crippen molar-refractivity contribution in [2.45, 2.75) is 25.0 Å². The second-order valence-electron chi connectivity index (χ2n) is 2.36. The van der Waals surface area contributed by atoms with Crippen molar-refractivity contribution >= 4 is 23.0 Å². The van der Waals surface area contributed by atoms with Crippen LogP contribution in [0.1, 0.15) is 12.8 Å². The smallest absolute Gasteiger partial charge is 0.110 e. The number of aliphatic hydroxyl groups is 2. The molecule has 0 heterocycles. The number of nitrogens with two attached hydrogens (primary N) is 1. The van der Waals surface area contributed by atoms with Crippen molar-refractivity contribution in [2.24, 2.45) is 5.73 Å². The van der Waals surface area contributed by atoms with E-state index in [1.807, 2.05) is 0 Å². The van der Waals surface area contributed by atoms with Gasteiger partial charge in [0.05, 0.1) is 18.8 Å². The number of aliphatic hydroxyl groups excluding tert-OH is 2. The highest BCUT2D eigenvalue weighted by molar-refractivity contribution is 14.1. The van der Waals surface area contributed by atoms with Gasteiger partial charge in [0.25, 0.3) is 0 Å². The summed E-state index contributed by atoms with van der Waals surface area (Å²) in [7, 11) is 0. The molecule has 0 saturated heterocycles. The summed E-state index contributed by atoms with van der Waals surface area (Å²) >= 11 is 1.77. The van der Waals surface area contributed by atoms with E-state index in [2.05, 4.69) is 0 Å². The predicted octanol–water partition coefficient (Wildman–Crippen LogP) is -0.186. The molecule has 0 spiro atoms. The molecule has 0 rings (SSSR count). The first-order valence-corrected chi connectivity index (χ1v) is 4.39. The first-order valence-electron chi connectivity index (χ1n) is 3.51. The zero-order valence-electron chi connectivity index (χ0n) is 6.24. The van der Waals surface area contributed by atoms with Crippen molar-refractivity contribution in [3.05, 3.63) is 0 Å². The van der Waals surface area contributed by atoms with Crippen molar-refractivity contribution in [3.63, 3.8) is 0 Å². The Labute approximate surface area is 80.4 Å². The number of rotatable bonds is 6. The molecule has 5 heteroatoms. The van der Waals surface area contributed by atoms with Gasteiger partial charge in [-0.05, 0) is 13.0 Å². The molecule has 0 unspecified atom stereocenters. The van der Waals surface area contributed by atoms with Crippen LogP contribution in [-0.4, -0.2) is 35.6 Å². The highest BCUT2D eigenvalue weighted by Crippen LogP contribution is 2.09. The van der Waals surface area contributed by atoms with Gasteiger partial charge in [0, 0.05) is 6.42 Å². The second kappa shape index (κ2) is 7.23. The van der Waals surface area contributed by atoms with Crippen LogP contribution < -0.4 is 5.73 Å². The summed E-state index contributed by atoms with van der Waals surface area (Å²) in [6, 6.07) is 0. The van der Waals surface area contributed by atoms with Crippen molar-refractivity contribution in [1.29, 1.82) is 0 Å². The maximum absolute atomic E-state index is 9.01. The lowest BCUT2D eigenvalue weighted by atomic mass is 10.1. The average molecular weight is 275 g/mol. The summed E-state index contributed by atoms with van der Waals surface area (Å²) in [4.78, 5) is 0. The molecule has 0 amide bonds. The van der Waals surface area contributed by atoms with Gasteiger partial charge in [-0.3, -0.25) is 0 Å². The molecule has 0 fully saturated rings. The lowest BCUT2D eigenvalue weighted by Gasteiger charge is -2.15. The molecule has 0 aromatic rings. The first kappa shape index (κ1) is 11.6. The zero-order valence-corrected chi connectivity index (χ0v) is 8.40. The molecule has 2 atom stereocenters.